The van der Waals surface area contributed by atoms with Crippen LogP contribution in [0.4, 0.5) is 0 Å². The lowest BCUT2D eigenvalue weighted by atomic mass is 10.0. The van der Waals surface area contributed by atoms with Crippen LogP contribution in [0.25, 0.3) is 0 Å². The summed E-state index contributed by atoms with van der Waals surface area (Å²) in [5.41, 5.74) is 6.09. The highest BCUT2D eigenvalue weighted by atomic mass is 32.2. The molecule has 0 aliphatic rings. The second kappa shape index (κ2) is 13.6. The summed E-state index contributed by atoms with van der Waals surface area (Å²) in [5.74, 6) is -2.80. The summed E-state index contributed by atoms with van der Waals surface area (Å²) >= 11 is 1.43. The van der Waals surface area contributed by atoms with Crippen molar-refractivity contribution >= 4 is 35.5 Å². The monoisotopic (exact) mass is 454 g/mol. The van der Waals surface area contributed by atoms with Crippen molar-refractivity contribution in [3.05, 3.63) is 35.9 Å². The highest BCUT2D eigenvalue weighted by Crippen LogP contribution is 2.06. The number of amides is 3. The molecule has 4 atom stereocenters. The van der Waals surface area contributed by atoms with Crippen molar-refractivity contribution in [2.45, 2.75) is 44.0 Å². The minimum Gasteiger partial charge on any atom is -0.480 e. The first-order valence-electron chi connectivity index (χ1n) is 9.73. The maximum absolute atomic E-state index is 12.8. The molecule has 7 N–H and O–H groups in total. The van der Waals surface area contributed by atoms with Gasteiger partial charge in [0, 0.05) is 6.42 Å². The zero-order chi connectivity index (χ0) is 23.4. The maximum Gasteiger partial charge on any atom is 0.326 e. The van der Waals surface area contributed by atoms with Crippen molar-refractivity contribution in [1.82, 2.24) is 16.0 Å². The van der Waals surface area contributed by atoms with Gasteiger partial charge in [0.25, 0.3) is 0 Å². The Morgan fingerprint density at radius 3 is 2.19 bits per heavy atom. The Balaban J connectivity index is 2.94. The van der Waals surface area contributed by atoms with Crippen molar-refractivity contribution in [2.75, 3.05) is 18.6 Å². The lowest BCUT2D eigenvalue weighted by Gasteiger charge is -2.26. The second-order valence-corrected chi connectivity index (χ2v) is 7.91. The molecule has 0 aromatic heterocycles. The van der Waals surface area contributed by atoms with Gasteiger partial charge < -0.3 is 31.9 Å². The first-order valence-corrected chi connectivity index (χ1v) is 11.1. The molecule has 31 heavy (non-hydrogen) atoms. The minimum atomic E-state index is -1.41. The number of rotatable bonds is 13. The van der Waals surface area contributed by atoms with Crippen LogP contribution in [0.1, 0.15) is 18.9 Å². The number of carboxylic acid groups (broad SMARTS) is 1. The summed E-state index contributed by atoms with van der Waals surface area (Å²) in [6.07, 6.45) is 0.827. The minimum absolute atomic E-state index is 0.137. The molecule has 3 amide bonds. The van der Waals surface area contributed by atoms with E-state index in [0.717, 1.165) is 5.56 Å². The Morgan fingerprint density at radius 1 is 1.03 bits per heavy atom. The predicted octanol–water partition coefficient (Wildman–Crippen LogP) is -1.14. The summed E-state index contributed by atoms with van der Waals surface area (Å²) in [5, 5.41) is 26.6. The molecule has 0 aliphatic heterocycles. The topological polar surface area (TPSA) is 171 Å². The average Bonchev–Trinajstić information content (AvgIpc) is 2.74. The number of hydrogen-bond donors (Lipinski definition) is 6. The molecule has 172 valence electrons. The molecule has 0 saturated carbocycles. The van der Waals surface area contributed by atoms with Gasteiger partial charge in [0.05, 0.1) is 12.6 Å². The zero-order valence-electron chi connectivity index (χ0n) is 17.5. The highest BCUT2D eigenvalue weighted by Gasteiger charge is 2.32. The highest BCUT2D eigenvalue weighted by molar-refractivity contribution is 7.98. The van der Waals surface area contributed by atoms with E-state index in [0.29, 0.717) is 5.75 Å². The van der Waals surface area contributed by atoms with Gasteiger partial charge in [-0.1, -0.05) is 30.3 Å². The van der Waals surface area contributed by atoms with Crippen LogP contribution in [0.15, 0.2) is 30.3 Å². The maximum atomic E-state index is 12.8. The number of thioether (sulfide) groups is 1. The summed E-state index contributed by atoms with van der Waals surface area (Å²) in [7, 11) is 0. The Kier molecular flexibility index (Phi) is 11.6. The van der Waals surface area contributed by atoms with Gasteiger partial charge in [0.1, 0.15) is 18.1 Å². The van der Waals surface area contributed by atoms with Gasteiger partial charge in [-0.2, -0.15) is 11.8 Å². The molecule has 0 heterocycles. The quantitative estimate of drug-likeness (QED) is 0.217. The Bertz CT molecular complexity index is 746. The Morgan fingerprint density at radius 2 is 1.68 bits per heavy atom. The normalized spacial score (nSPS) is 14.6. The van der Waals surface area contributed by atoms with E-state index in [9.17, 15) is 29.4 Å². The number of benzene rings is 1. The number of nitrogens with one attached hydrogen (secondary N) is 3. The molecule has 0 fully saturated rings. The molecule has 0 radical (unpaired) electrons. The number of nitrogens with two attached hydrogens (primary N) is 1. The fraction of sp³-hybridized carbons (Fsp3) is 0.500. The lowest BCUT2D eigenvalue weighted by Crippen LogP contribution is -2.59. The number of aliphatic hydroxyl groups excluding tert-OH is 1. The first-order chi connectivity index (χ1) is 14.7. The molecule has 11 heteroatoms. The van der Waals surface area contributed by atoms with Gasteiger partial charge >= 0.3 is 5.97 Å². The summed E-state index contributed by atoms with van der Waals surface area (Å²) < 4.78 is 0. The fourth-order valence-electron chi connectivity index (χ4n) is 2.73. The van der Waals surface area contributed by atoms with Crippen LogP contribution in [0, 0.1) is 0 Å². The zero-order valence-corrected chi connectivity index (χ0v) is 18.4. The van der Waals surface area contributed by atoms with E-state index >= 15 is 0 Å². The second-order valence-electron chi connectivity index (χ2n) is 6.92. The van der Waals surface area contributed by atoms with Gasteiger partial charge in [-0.15, -0.1) is 0 Å². The van der Waals surface area contributed by atoms with Crippen LogP contribution < -0.4 is 21.7 Å². The van der Waals surface area contributed by atoms with Crippen molar-refractivity contribution in [3.8, 4) is 0 Å². The van der Waals surface area contributed by atoms with Crippen molar-refractivity contribution in [1.29, 1.82) is 0 Å². The summed E-state index contributed by atoms with van der Waals surface area (Å²) in [6, 6.07) is 5.31. The molecule has 1 rings (SSSR count). The van der Waals surface area contributed by atoms with Gasteiger partial charge in [-0.05, 0) is 30.9 Å². The van der Waals surface area contributed by atoms with Crippen LogP contribution in [-0.2, 0) is 25.6 Å². The van der Waals surface area contributed by atoms with Gasteiger partial charge in [-0.3, -0.25) is 14.4 Å². The van der Waals surface area contributed by atoms with Gasteiger partial charge in [0.15, 0.2) is 0 Å². The third-order valence-electron chi connectivity index (χ3n) is 4.41. The van der Waals surface area contributed by atoms with Crippen LogP contribution in [0.2, 0.25) is 0 Å². The van der Waals surface area contributed by atoms with Crippen molar-refractivity contribution in [3.63, 3.8) is 0 Å². The number of carbonyl (C=O) groups excluding carboxylic acids is 3. The molecule has 0 aliphatic carbocycles. The number of carboxylic acids is 1. The van der Waals surface area contributed by atoms with E-state index in [-0.39, 0.29) is 19.4 Å². The van der Waals surface area contributed by atoms with E-state index in [2.05, 4.69) is 16.0 Å². The summed E-state index contributed by atoms with van der Waals surface area (Å²) in [6.45, 7) is 0.974. The predicted molar refractivity (Wildman–Crippen MR) is 117 cm³/mol. The lowest BCUT2D eigenvalue weighted by molar-refractivity contribution is -0.143. The van der Waals surface area contributed by atoms with Crippen LogP contribution >= 0.6 is 11.8 Å². The standard InChI is InChI=1S/C20H30N4O6S/c1-12(25)17(19(28)23-14(20(29)30)8-9-31-2)24-18(27)15(22-16(26)11-21)10-13-6-4-3-5-7-13/h3-7,12,14-15,17,25H,8-11,21H2,1-2H3,(H,22,26)(H,23,28)(H,24,27)(H,29,30). The Labute approximate surface area is 185 Å². The first kappa shape index (κ1) is 26.4. The van der Waals surface area contributed by atoms with Crippen molar-refractivity contribution < 1.29 is 29.4 Å². The van der Waals surface area contributed by atoms with Crippen LogP contribution in [-0.4, -0.2) is 76.7 Å². The number of aliphatic carboxylic acids is 1. The van der Waals surface area contributed by atoms with E-state index in [1.165, 1.54) is 18.7 Å². The van der Waals surface area contributed by atoms with E-state index < -0.39 is 47.9 Å². The average molecular weight is 455 g/mol. The van der Waals surface area contributed by atoms with Crippen molar-refractivity contribution in [2.24, 2.45) is 5.73 Å². The molecular formula is C20H30N4O6S. The third kappa shape index (κ3) is 9.37. The van der Waals surface area contributed by atoms with Crippen LogP contribution in [0.5, 0.6) is 0 Å². The molecule has 1 aromatic carbocycles. The fourth-order valence-corrected chi connectivity index (χ4v) is 3.20. The van der Waals surface area contributed by atoms with Crippen LogP contribution in [0.3, 0.4) is 0 Å². The van der Waals surface area contributed by atoms with E-state index in [4.69, 9.17) is 5.73 Å². The van der Waals surface area contributed by atoms with E-state index in [1.54, 1.807) is 30.3 Å². The third-order valence-corrected chi connectivity index (χ3v) is 5.05. The molecular weight excluding hydrogens is 424 g/mol. The van der Waals surface area contributed by atoms with Gasteiger partial charge in [-0.25, -0.2) is 4.79 Å². The SMILES string of the molecule is CSCCC(NC(=O)C(NC(=O)C(Cc1ccccc1)NC(=O)CN)C(C)O)C(=O)O. The molecule has 0 saturated heterocycles. The molecule has 4 unspecified atom stereocenters. The molecule has 10 nitrogen and oxygen atoms in total. The molecule has 0 spiro atoms. The number of aliphatic hydroxyl groups is 1. The largest absolute Gasteiger partial charge is 0.480 e. The Hall–Kier alpha value is -2.63. The molecule has 0 bridgehead atoms. The number of hydrogen-bond acceptors (Lipinski definition) is 7. The van der Waals surface area contributed by atoms with E-state index in [1.807, 2.05) is 6.26 Å². The molecule has 1 aromatic rings. The number of carbonyl (C=O) groups is 4. The van der Waals surface area contributed by atoms with Gasteiger partial charge in [0.2, 0.25) is 17.7 Å². The smallest absolute Gasteiger partial charge is 0.326 e. The summed E-state index contributed by atoms with van der Waals surface area (Å²) in [4.78, 5) is 48.6.